The summed E-state index contributed by atoms with van der Waals surface area (Å²) < 4.78 is 0. The van der Waals surface area contributed by atoms with Crippen LogP contribution in [-0.4, -0.2) is 5.78 Å². The number of aryl methyl sites for hydroxylation is 1. The molecule has 1 aromatic carbocycles. The van der Waals surface area contributed by atoms with Gasteiger partial charge in [-0.1, -0.05) is 29.8 Å². The summed E-state index contributed by atoms with van der Waals surface area (Å²) in [6.45, 7) is 3.69. The van der Waals surface area contributed by atoms with Gasteiger partial charge in [-0.3, -0.25) is 4.79 Å². The summed E-state index contributed by atoms with van der Waals surface area (Å²) in [6.07, 6.45) is 3.22. The Morgan fingerprint density at radius 3 is 2.77 bits per heavy atom. The van der Waals surface area contributed by atoms with Gasteiger partial charge in [0.2, 0.25) is 0 Å². The van der Waals surface area contributed by atoms with Crippen LogP contribution >= 0.6 is 11.6 Å². The van der Waals surface area contributed by atoms with E-state index < -0.39 is 0 Å². The maximum absolute atomic E-state index is 11.4. The summed E-state index contributed by atoms with van der Waals surface area (Å²) >= 11 is 5.97. The standard InChI is InChI=1S/C11H11ClO/c1-3-5-10(13)9-7-4-6-8(2)11(9)12/h3-7H,1-2H3. The number of hydrogen-bond acceptors (Lipinski definition) is 1. The Hall–Kier alpha value is -1.08. The molecule has 0 saturated carbocycles. The molecule has 0 saturated heterocycles. The van der Waals surface area contributed by atoms with Crippen molar-refractivity contribution in [3.05, 3.63) is 46.5 Å². The first-order valence-corrected chi connectivity index (χ1v) is 4.46. The van der Waals surface area contributed by atoms with Gasteiger partial charge in [0.1, 0.15) is 0 Å². The minimum absolute atomic E-state index is 0.0452. The van der Waals surface area contributed by atoms with Crippen LogP contribution in [0.15, 0.2) is 30.4 Å². The molecule has 0 aliphatic heterocycles. The average molecular weight is 195 g/mol. The number of hydrogen-bond donors (Lipinski definition) is 0. The van der Waals surface area contributed by atoms with Gasteiger partial charge >= 0.3 is 0 Å². The van der Waals surface area contributed by atoms with E-state index in [9.17, 15) is 4.79 Å². The number of ketones is 1. The Kier molecular flexibility index (Phi) is 3.26. The van der Waals surface area contributed by atoms with Crippen LogP contribution in [-0.2, 0) is 0 Å². The van der Waals surface area contributed by atoms with E-state index in [1.165, 1.54) is 6.08 Å². The van der Waals surface area contributed by atoms with E-state index in [2.05, 4.69) is 0 Å². The van der Waals surface area contributed by atoms with Crippen LogP contribution in [0.4, 0.5) is 0 Å². The molecular weight excluding hydrogens is 184 g/mol. The smallest absolute Gasteiger partial charge is 0.187 e. The maximum Gasteiger partial charge on any atom is 0.187 e. The van der Waals surface area contributed by atoms with Crippen molar-refractivity contribution >= 4 is 17.4 Å². The minimum Gasteiger partial charge on any atom is -0.289 e. The molecule has 1 aromatic rings. The van der Waals surface area contributed by atoms with Crippen LogP contribution in [0, 0.1) is 6.92 Å². The summed E-state index contributed by atoms with van der Waals surface area (Å²) in [7, 11) is 0. The predicted octanol–water partition coefficient (Wildman–Crippen LogP) is 3.41. The molecule has 0 heterocycles. The molecule has 2 heteroatoms. The van der Waals surface area contributed by atoms with Crippen molar-refractivity contribution in [2.24, 2.45) is 0 Å². The first-order chi connectivity index (χ1) is 6.16. The largest absolute Gasteiger partial charge is 0.289 e. The number of rotatable bonds is 2. The third-order valence-electron chi connectivity index (χ3n) is 1.78. The van der Waals surface area contributed by atoms with Crippen molar-refractivity contribution < 1.29 is 4.79 Å². The summed E-state index contributed by atoms with van der Waals surface area (Å²) in [5, 5.41) is 0.547. The van der Waals surface area contributed by atoms with Crippen molar-refractivity contribution in [2.75, 3.05) is 0 Å². The highest BCUT2D eigenvalue weighted by Gasteiger charge is 2.07. The molecule has 0 amide bonds. The lowest BCUT2D eigenvalue weighted by atomic mass is 10.1. The molecule has 0 atom stereocenters. The van der Waals surface area contributed by atoms with Crippen molar-refractivity contribution in [1.29, 1.82) is 0 Å². The van der Waals surface area contributed by atoms with Gasteiger partial charge in [0.05, 0.1) is 5.02 Å². The Morgan fingerprint density at radius 2 is 2.15 bits per heavy atom. The van der Waals surface area contributed by atoms with E-state index in [-0.39, 0.29) is 5.78 Å². The summed E-state index contributed by atoms with van der Waals surface area (Å²) in [5.74, 6) is -0.0452. The molecule has 0 unspecified atom stereocenters. The van der Waals surface area contributed by atoms with E-state index in [4.69, 9.17) is 11.6 Å². The monoisotopic (exact) mass is 194 g/mol. The number of carbonyl (C=O) groups is 1. The maximum atomic E-state index is 11.4. The Labute approximate surface area is 83.0 Å². The van der Waals surface area contributed by atoms with Gasteiger partial charge < -0.3 is 0 Å². The number of halogens is 1. The number of allylic oxidation sites excluding steroid dienone is 2. The fourth-order valence-electron chi connectivity index (χ4n) is 1.08. The van der Waals surface area contributed by atoms with Gasteiger partial charge in [0, 0.05) is 5.56 Å². The van der Waals surface area contributed by atoms with Crippen molar-refractivity contribution in [2.45, 2.75) is 13.8 Å². The zero-order chi connectivity index (χ0) is 9.84. The molecule has 13 heavy (non-hydrogen) atoms. The Balaban J connectivity index is 3.15. The van der Waals surface area contributed by atoms with E-state index in [1.54, 1.807) is 12.1 Å². The normalized spacial score (nSPS) is 10.7. The van der Waals surface area contributed by atoms with Crippen LogP contribution in [0.1, 0.15) is 22.8 Å². The average Bonchev–Trinajstić information content (AvgIpc) is 2.10. The third-order valence-corrected chi connectivity index (χ3v) is 2.28. The van der Waals surface area contributed by atoms with Crippen LogP contribution in [0.5, 0.6) is 0 Å². The zero-order valence-electron chi connectivity index (χ0n) is 7.67. The first kappa shape index (κ1) is 10.0. The van der Waals surface area contributed by atoms with E-state index in [1.807, 2.05) is 26.0 Å². The molecule has 0 aliphatic carbocycles. The SMILES string of the molecule is CC=CC(=O)c1cccc(C)c1Cl. The second-order valence-corrected chi connectivity index (χ2v) is 3.18. The minimum atomic E-state index is -0.0452. The zero-order valence-corrected chi connectivity index (χ0v) is 8.43. The molecule has 0 fully saturated rings. The quantitative estimate of drug-likeness (QED) is 0.521. The van der Waals surface area contributed by atoms with Gasteiger partial charge in [-0.25, -0.2) is 0 Å². The van der Waals surface area contributed by atoms with Crippen LogP contribution in [0.2, 0.25) is 5.02 Å². The Bertz CT molecular complexity index is 353. The summed E-state index contributed by atoms with van der Waals surface area (Å²) in [4.78, 5) is 11.4. The molecule has 0 N–H and O–H groups in total. The van der Waals surface area contributed by atoms with Crippen LogP contribution in [0.3, 0.4) is 0 Å². The molecule has 68 valence electrons. The van der Waals surface area contributed by atoms with E-state index in [0.29, 0.717) is 10.6 Å². The second-order valence-electron chi connectivity index (χ2n) is 2.80. The van der Waals surface area contributed by atoms with E-state index in [0.717, 1.165) is 5.56 Å². The second kappa shape index (κ2) is 4.24. The lowest BCUT2D eigenvalue weighted by molar-refractivity contribution is 0.104. The third kappa shape index (κ3) is 2.19. The summed E-state index contributed by atoms with van der Waals surface area (Å²) in [5.41, 5.74) is 1.50. The van der Waals surface area contributed by atoms with Crippen molar-refractivity contribution in [3.63, 3.8) is 0 Å². The summed E-state index contributed by atoms with van der Waals surface area (Å²) in [6, 6.07) is 5.45. The molecule has 0 spiro atoms. The molecule has 1 nitrogen and oxygen atoms in total. The fourth-order valence-corrected chi connectivity index (χ4v) is 1.30. The number of benzene rings is 1. The Morgan fingerprint density at radius 1 is 1.46 bits per heavy atom. The lowest BCUT2D eigenvalue weighted by Crippen LogP contribution is -1.96. The van der Waals surface area contributed by atoms with Gasteiger partial charge in [-0.15, -0.1) is 0 Å². The first-order valence-electron chi connectivity index (χ1n) is 4.09. The van der Waals surface area contributed by atoms with Gasteiger partial charge in [0.25, 0.3) is 0 Å². The lowest BCUT2D eigenvalue weighted by Gasteiger charge is -2.02. The van der Waals surface area contributed by atoms with Gasteiger partial charge in [-0.05, 0) is 31.6 Å². The highest BCUT2D eigenvalue weighted by molar-refractivity contribution is 6.35. The van der Waals surface area contributed by atoms with Crippen molar-refractivity contribution in [3.8, 4) is 0 Å². The molecule has 1 rings (SSSR count). The number of carbonyl (C=O) groups excluding carboxylic acids is 1. The predicted molar refractivity (Wildman–Crippen MR) is 55.3 cm³/mol. The van der Waals surface area contributed by atoms with Crippen LogP contribution in [0.25, 0.3) is 0 Å². The van der Waals surface area contributed by atoms with E-state index >= 15 is 0 Å². The molecular formula is C11H11ClO. The molecule has 0 aromatic heterocycles. The highest BCUT2D eigenvalue weighted by atomic mass is 35.5. The highest BCUT2D eigenvalue weighted by Crippen LogP contribution is 2.20. The molecule has 0 aliphatic rings. The molecule has 0 bridgehead atoms. The topological polar surface area (TPSA) is 17.1 Å². The molecule has 0 radical (unpaired) electrons. The van der Waals surface area contributed by atoms with Gasteiger partial charge in [0.15, 0.2) is 5.78 Å². The van der Waals surface area contributed by atoms with Crippen molar-refractivity contribution in [1.82, 2.24) is 0 Å². The van der Waals surface area contributed by atoms with Gasteiger partial charge in [-0.2, -0.15) is 0 Å². The fraction of sp³-hybridized carbons (Fsp3) is 0.182. The van der Waals surface area contributed by atoms with Crippen LogP contribution < -0.4 is 0 Å².